The highest BCUT2D eigenvalue weighted by Crippen LogP contribution is 2.32. The summed E-state index contributed by atoms with van der Waals surface area (Å²) in [6.07, 6.45) is 0.511. The molecule has 7 nitrogen and oxygen atoms in total. The molecule has 0 bridgehead atoms. The maximum atomic E-state index is 13.6. The highest BCUT2D eigenvalue weighted by atomic mass is 19.1. The summed E-state index contributed by atoms with van der Waals surface area (Å²) in [4.78, 5) is 21.8. The van der Waals surface area contributed by atoms with Crippen LogP contribution in [0.15, 0.2) is 78.9 Å². The Morgan fingerprint density at radius 2 is 1.86 bits per heavy atom. The van der Waals surface area contributed by atoms with Crippen LogP contribution in [0.5, 0.6) is 0 Å². The van der Waals surface area contributed by atoms with Gasteiger partial charge in [0.2, 0.25) is 5.91 Å². The molecular weight excluding hydrogens is 457 g/mol. The van der Waals surface area contributed by atoms with Gasteiger partial charge in [-0.1, -0.05) is 42.5 Å². The van der Waals surface area contributed by atoms with Gasteiger partial charge in [0.15, 0.2) is 0 Å². The number of nitrogens with two attached hydrogens (primary N) is 1. The molecule has 8 heteroatoms. The Morgan fingerprint density at radius 1 is 1.06 bits per heavy atom. The Kier molecular flexibility index (Phi) is 7.63. The number of aliphatic hydroxyl groups is 1. The van der Waals surface area contributed by atoms with E-state index in [0.29, 0.717) is 52.6 Å². The van der Waals surface area contributed by atoms with E-state index in [9.17, 15) is 19.6 Å². The highest BCUT2D eigenvalue weighted by Gasteiger charge is 2.26. The number of primary amides is 1. The van der Waals surface area contributed by atoms with Crippen LogP contribution in [-0.4, -0.2) is 27.5 Å². The third-order valence-electron chi connectivity index (χ3n) is 5.73. The number of amides is 1. The zero-order chi connectivity index (χ0) is 25.5. The Balaban J connectivity index is 1.76. The van der Waals surface area contributed by atoms with Gasteiger partial charge in [0, 0.05) is 17.7 Å². The fourth-order valence-electron chi connectivity index (χ4n) is 4.02. The lowest BCUT2D eigenvalue weighted by atomic mass is 9.93. The van der Waals surface area contributed by atoms with Crippen molar-refractivity contribution in [3.8, 4) is 17.3 Å². The van der Waals surface area contributed by atoms with Crippen LogP contribution in [0.1, 0.15) is 34.0 Å². The number of hydrogen-bond acceptors (Lipinski definition) is 6. The van der Waals surface area contributed by atoms with Crippen molar-refractivity contribution < 1.29 is 14.3 Å². The molecule has 180 valence electrons. The average molecular weight is 482 g/mol. The third kappa shape index (κ3) is 5.54. The number of nitrogens with zero attached hydrogens (tertiary/aromatic N) is 3. The SMILES string of the molecule is N#Cc1ccccc1-c1ccc(C(C(N)=O)c2cccc(CO)n2)c(NCCc2cccc(F)c2)n1. The van der Waals surface area contributed by atoms with Gasteiger partial charge in [0.25, 0.3) is 0 Å². The molecular formula is C28H24FN5O2. The van der Waals surface area contributed by atoms with Gasteiger partial charge in [0.05, 0.1) is 35.3 Å². The number of nitrogens with one attached hydrogen (secondary N) is 1. The van der Waals surface area contributed by atoms with E-state index in [-0.39, 0.29) is 12.4 Å². The van der Waals surface area contributed by atoms with E-state index >= 15 is 0 Å². The zero-order valence-corrected chi connectivity index (χ0v) is 19.4. The lowest BCUT2D eigenvalue weighted by Crippen LogP contribution is -2.25. The van der Waals surface area contributed by atoms with Crippen molar-refractivity contribution >= 4 is 11.7 Å². The number of nitriles is 1. The van der Waals surface area contributed by atoms with Crippen molar-refractivity contribution in [2.24, 2.45) is 5.73 Å². The smallest absolute Gasteiger partial charge is 0.231 e. The number of hydrogen-bond donors (Lipinski definition) is 3. The van der Waals surface area contributed by atoms with E-state index in [0.717, 1.165) is 5.56 Å². The normalized spacial score (nSPS) is 11.5. The lowest BCUT2D eigenvalue weighted by Gasteiger charge is -2.19. The van der Waals surface area contributed by atoms with Gasteiger partial charge < -0.3 is 16.2 Å². The highest BCUT2D eigenvalue weighted by molar-refractivity contribution is 5.87. The van der Waals surface area contributed by atoms with Gasteiger partial charge in [-0.2, -0.15) is 5.26 Å². The Morgan fingerprint density at radius 3 is 2.61 bits per heavy atom. The van der Waals surface area contributed by atoms with Crippen LogP contribution in [0, 0.1) is 17.1 Å². The second kappa shape index (κ2) is 11.2. The Hall–Kier alpha value is -4.61. The number of aromatic nitrogens is 2. The first kappa shape index (κ1) is 24.5. The molecule has 4 N–H and O–H groups in total. The minimum atomic E-state index is -0.930. The second-order valence-corrected chi connectivity index (χ2v) is 8.15. The predicted molar refractivity (Wildman–Crippen MR) is 134 cm³/mol. The summed E-state index contributed by atoms with van der Waals surface area (Å²) in [6.45, 7) is 0.128. The van der Waals surface area contributed by atoms with Gasteiger partial charge in [-0.25, -0.2) is 9.37 Å². The number of benzene rings is 2. The summed E-state index contributed by atoms with van der Waals surface area (Å²) in [5.74, 6) is -1.47. The molecule has 36 heavy (non-hydrogen) atoms. The number of aliphatic hydroxyl groups excluding tert-OH is 1. The molecule has 0 spiro atoms. The van der Waals surface area contributed by atoms with Gasteiger partial charge in [-0.05, 0) is 48.4 Å². The third-order valence-corrected chi connectivity index (χ3v) is 5.73. The Bertz CT molecular complexity index is 1430. The van der Waals surface area contributed by atoms with Crippen LogP contribution >= 0.6 is 0 Å². The Labute approximate surface area is 208 Å². The molecule has 4 rings (SSSR count). The lowest BCUT2D eigenvalue weighted by molar-refractivity contribution is -0.118. The molecule has 0 saturated heterocycles. The van der Waals surface area contributed by atoms with E-state index in [4.69, 9.17) is 10.7 Å². The van der Waals surface area contributed by atoms with E-state index in [1.54, 1.807) is 54.6 Å². The van der Waals surface area contributed by atoms with Crippen molar-refractivity contribution in [2.75, 3.05) is 11.9 Å². The molecule has 0 aliphatic heterocycles. The number of halogens is 1. The zero-order valence-electron chi connectivity index (χ0n) is 19.4. The van der Waals surface area contributed by atoms with Crippen LogP contribution in [0.25, 0.3) is 11.3 Å². The number of carbonyl (C=O) groups excluding carboxylic acids is 1. The summed E-state index contributed by atoms with van der Waals surface area (Å²) >= 11 is 0. The van der Waals surface area contributed by atoms with Crippen LogP contribution in [0.3, 0.4) is 0 Å². The summed E-state index contributed by atoms with van der Waals surface area (Å²) in [5, 5.41) is 22.3. The van der Waals surface area contributed by atoms with E-state index in [1.807, 2.05) is 12.1 Å². The monoisotopic (exact) mass is 481 g/mol. The molecule has 0 saturated carbocycles. The largest absolute Gasteiger partial charge is 0.390 e. The van der Waals surface area contributed by atoms with Gasteiger partial charge >= 0.3 is 0 Å². The van der Waals surface area contributed by atoms with Crippen molar-refractivity contribution in [1.29, 1.82) is 5.26 Å². The standard InChI is InChI=1S/C28H24FN5O2/c29-20-7-3-5-18(15-20)13-14-32-28-23(26(27(31)36)25-10-4-8-21(17-35)33-25)11-12-24(34-28)22-9-2-1-6-19(22)16-30/h1-12,15,26,35H,13-14,17H2,(H2,31,36)(H,32,34). The van der Waals surface area contributed by atoms with E-state index < -0.39 is 11.8 Å². The van der Waals surface area contributed by atoms with Crippen LogP contribution in [0.2, 0.25) is 0 Å². The minimum Gasteiger partial charge on any atom is -0.390 e. The number of carbonyl (C=O) groups is 1. The number of pyridine rings is 2. The molecule has 1 unspecified atom stereocenters. The fraction of sp³-hybridized carbons (Fsp3) is 0.143. The first-order valence-electron chi connectivity index (χ1n) is 11.3. The summed E-state index contributed by atoms with van der Waals surface area (Å²) in [7, 11) is 0. The molecule has 0 aliphatic carbocycles. The van der Waals surface area contributed by atoms with E-state index in [2.05, 4.69) is 16.4 Å². The summed E-state index contributed by atoms with van der Waals surface area (Å²) < 4.78 is 13.6. The average Bonchev–Trinajstić information content (AvgIpc) is 2.89. The van der Waals surface area contributed by atoms with Crippen molar-refractivity contribution in [3.63, 3.8) is 0 Å². The van der Waals surface area contributed by atoms with Crippen LogP contribution in [0.4, 0.5) is 10.2 Å². The molecule has 2 aromatic carbocycles. The second-order valence-electron chi connectivity index (χ2n) is 8.15. The molecule has 0 radical (unpaired) electrons. The fourth-order valence-corrected chi connectivity index (χ4v) is 4.02. The summed E-state index contributed by atoms with van der Waals surface area (Å²) in [5.41, 5.74) is 9.57. The first-order valence-corrected chi connectivity index (χ1v) is 11.3. The van der Waals surface area contributed by atoms with Crippen molar-refractivity contribution in [2.45, 2.75) is 18.9 Å². The molecule has 1 atom stereocenters. The van der Waals surface area contributed by atoms with Gasteiger partial charge in [-0.3, -0.25) is 9.78 Å². The molecule has 0 fully saturated rings. The van der Waals surface area contributed by atoms with Crippen molar-refractivity contribution in [1.82, 2.24) is 9.97 Å². The van der Waals surface area contributed by atoms with Gasteiger partial charge in [0.1, 0.15) is 17.6 Å². The summed E-state index contributed by atoms with van der Waals surface area (Å²) in [6, 6.07) is 24.1. The molecule has 4 aromatic rings. The number of anilines is 1. The molecule has 2 heterocycles. The van der Waals surface area contributed by atoms with Crippen molar-refractivity contribution in [3.05, 3.63) is 113 Å². The number of rotatable bonds is 9. The van der Waals surface area contributed by atoms with E-state index in [1.165, 1.54) is 12.1 Å². The molecule has 1 amide bonds. The minimum absolute atomic E-state index is 0.278. The molecule has 2 aromatic heterocycles. The quantitative estimate of drug-likeness (QED) is 0.333. The maximum absolute atomic E-state index is 13.6. The molecule has 0 aliphatic rings. The van der Waals surface area contributed by atoms with Gasteiger partial charge in [-0.15, -0.1) is 0 Å². The van der Waals surface area contributed by atoms with Crippen LogP contribution < -0.4 is 11.1 Å². The van der Waals surface area contributed by atoms with Crippen LogP contribution in [-0.2, 0) is 17.8 Å². The maximum Gasteiger partial charge on any atom is 0.231 e. The predicted octanol–water partition coefficient (Wildman–Crippen LogP) is 3.92. The topological polar surface area (TPSA) is 125 Å². The first-order chi connectivity index (χ1) is 17.5.